The van der Waals surface area contributed by atoms with E-state index < -0.39 is 0 Å². The van der Waals surface area contributed by atoms with Crippen LogP contribution in [0.15, 0.2) is 0 Å². The largest absolute Gasteiger partial charge is 0.388 e. The maximum atomic E-state index is 7.08. The van der Waals surface area contributed by atoms with Crippen molar-refractivity contribution in [1.82, 2.24) is 4.90 Å². The third kappa shape index (κ3) is 9.48. The molecule has 4 heteroatoms. The Bertz CT molecular complexity index is 159. The van der Waals surface area contributed by atoms with E-state index in [4.69, 9.17) is 15.9 Å². The van der Waals surface area contributed by atoms with Crippen molar-refractivity contribution in [2.45, 2.75) is 20.3 Å². The van der Waals surface area contributed by atoms with Crippen molar-refractivity contribution in [3.63, 3.8) is 0 Å². The summed E-state index contributed by atoms with van der Waals surface area (Å²) >= 11 is 0. The van der Waals surface area contributed by atoms with E-state index in [0.29, 0.717) is 12.3 Å². The van der Waals surface area contributed by atoms with E-state index in [2.05, 4.69) is 18.7 Å². The standard InChI is InChI=1S/C10H23N3O/c1-9(2)8-14-7-6-13(3)5-4-10(11)12/h9H,4-8H2,1-3H3,(H3,11,12). The molecule has 0 saturated heterocycles. The lowest BCUT2D eigenvalue weighted by Crippen LogP contribution is -2.27. The molecule has 0 rings (SSSR count). The van der Waals surface area contributed by atoms with Crippen LogP contribution in [0.1, 0.15) is 20.3 Å². The summed E-state index contributed by atoms with van der Waals surface area (Å²) in [5.41, 5.74) is 5.26. The summed E-state index contributed by atoms with van der Waals surface area (Å²) < 4.78 is 5.45. The van der Waals surface area contributed by atoms with Crippen LogP contribution in [0.2, 0.25) is 0 Å². The number of hydrogen-bond acceptors (Lipinski definition) is 3. The number of amidine groups is 1. The number of hydrogen-bond donors (Lipinski definition) is 2. The average Bonchev–Trinajstić information content (AvgIpc) is 2.08. The quantitative estimate of drug-likeness (QED) is 0.349. The van der Waals surface area contributed by atoms with E-state index in [9.17, 15) is 0 Å². The van der Waals surface area contributed by atoms with Gasteiger partial charge in [0.25, 0.3) is 0 Å². The normalized spacial score (nSPS) is 11.2. The molecule has 0 aliphatic rings. The fourth-order valence-electron chi connectivity index (χ4n) is 0.963. The van der Waals surface area contributed by atoms with Crippen LogP contribution in [-0.4, -0.2) is 44.1 Å². The van der Waals surface area contributed by atoms with E-state index in [1.807, 2.05) is 7.05 Å². The molecule has 0 aromatic heterocycles. The highest BCUT2D eigenvalue weighted by Gasteiger charge is 1.99. The van der Waals surface area contributed by atoms with Crippen molar-refractivity contribution in [3.05, 3.63) is 0 Å². The highest BCUT2D eigenvalue weighted by molar-refractivity contribution is 5.76. The van der Waals surface area contributed by atoms with Gasteiger partial charge in [0.2, 0.25) is 0 Å². The lowest BCUT2D eigenvalue weighted by atomic mass is 10.2. The number of likely N-dealkylation sites (N-methyl/N-ethyl adjacent to an activating group) is 1. The molecule has 0 aliphatic carbocycles. The van der Waals surface area contributed by atoms with Gasteiger partial charge >= 0.3 is 0 Å². The first-order chi connectivity index (χ1) is 6.52. The Labute approximate surface area is 86.9 Å². The fraction of sp³-hybridized carbons (Fsp3) is 0.900. The first-order valence-electron chi connectivity index (χ1n) is 5.11. The SMILES string of the molecule is CC(C)COCCN(C)CCC(=N)N. The number of ether oxygens (including phenoxy) is 1. The Hall–Kier alpha value is -0.610. The first kappa shape index (κ1) is 13.4. The zero-order valence-electron chi connectivity index (χ0n) is 9.55. The number of rotatable bonds is 8. The van der Waals surface area contributed by atoms with Gasteiger partial charge < -0.3 is 15.4 Å². The molecule has 0 amide bonds. The van der Waals surface area contributed by atoms with Gasteiger partial charge in [-0.2, -0.15) is 0 Å². The summed E-state index contributed by atoms with van der Waals surface area (Å²) in [7, 11) is 2.02. The Morgan fingerprint density at radius 3 is 2.57 bits per heavy atom. The second kappa shape index (κ2) is 7.76. The highest BCUT2D eigenvalue weighted by Crippen LogP contribution is 1.93. The zero-order chi connectivity index (χ0) is 11.0. The predicted molar refractivity (Wildman–Crippen MR) is 59.7 cm³/mol. The number of nitrogens with two attached hydrogens (primary N) is 1. The third-order valence-corrected chi connectivity index (χ3v) is 1.83. The molecule has 0 saturated carbocycles. The number of nitrogens with one attached hydrogen (secondary N) is 1. The van der Waals surface area contributed by atoms with E-state index in [1.54, 1.807) is 0 Å². The van der Waals surface area contributed by atoms with Crippen molar-refractivity contribution >= 4 is 5.84 Å². The van der Waals surface area contributed by atoms with Gasteiger partial charge in [-0.1, -0.05) is 13.8 Å². The molecule has 0 spiro atoms. The fourth-order valence-corrected chi connectivity index (χ4v) is 0.963. The smallest absolute Gasteiger partial charge is 0.0918 e. The Morgan fingerprint density at radius 1 is 1.43 bits per heavy atom. The monoisotopic (exact) mass is 201 g/mol. The summed E-state index contributed by atoms with van der Waals surface area (Å²) in [6.45, 7) is 7.59. The molecule has 0 atom stereocenters. The lowest BCUT2D eigenvalue weighted by molar-refractivity contribution is 0.0921. The van der Waals surface area contributed by atoms with Crippen LogP contribution in [0, 0.1) is 11.3 Å². The molecular weight excluding hydrogens is 178 g/mol. The molecule has 0 unspecified atom stereocenters. The minimum absolute atomic E-state index is 0.250. The van der Waals surface area contributed by atoms with Crippen LogP contribution in [0.4, 0.5) is 0 Å². The average molecular weight is 201 g/mol. The van der Waals surface area contributed by atoms with Crippen LogP contribution in [-0.2, 0) is 4.74 Å². The molecule has 84 valence electrons. The molecule has 0 heterocycles. The minimum Gasteiger partial charge on any atom is -0.388 e. The molecule has 3 N–H and O–H groups in total. The van der Waals surface area contributed by atoms with Gasteiger partial charge in [0.05, 0.1) is 12.4 Å². The summed E-state index contributed by atoms with van der Waals surface area (Å²) in [6.07, 6.45) is 0.640. The molecule has 4 nitrogen and oxygen atoms in total. The van der Waals surface area contributed by atoms with Gasteiger partial charge in [0, 0.05) is 26.1 Å². The Morgan fingerprint density at radius 2 is 2.07 bits per heavy atom. The second-order valence-corrected chi connectivity index (χ2v) is 4.05. The topological polar surface area (TPSA) is 62.3 Å². The second-order valence-electron chi connectivity index (χ2n) is 4.05. The third-order valence-electron chi connectivity index (χ3n) is 1.83. The first-order valence-corrected chi connectivity index (χ1v) is 5.11. The van der Waals surface area contributed by atoms with Gasteiger partial charge in [-0.25, -0.2) is 0 Å². The molecule has 0 fully saturated rings. The lowest BCUT2D eigenvalue weighted by Gasteiger charge is -2.16. The summed E-state index contributed by atoms with van der Waals surface area (Å²) in [6, 6.07) is 0. The van der Waals surface area contributed by atoms with Gasteiger partial charge in [-0.3, -0.25) is 5.41 Å². The molecular formula is C10H23N3O. The van der Waals surface area contributed by atoms with Crippen molar-refractivity contribution in [3.8, 4) is 0 Å². The van der Waals surface area contributed by atoms with Crippen molar-refractivity contribution < 1.29 is 4.74 Å². The minimum atomic E-state index is 0.250. The van der Waals surface area contributed by atoms with Gasteiger partial charge in [-0.05, 0) is 13.0 Å². The summed E-state index contributed by atoms with van der Waals surface area (Å²) in [5, 5.41) is 7.08. The summed E-state index contributed by atoms with van der Waals surface area (Å²) in [5.74, 6) is 0.845. The van der Waals surface area contributed by atoms with Crippen LogP contribution < -0.4 is 5.73 Å². The van der Waals surface area contributed by atoms with Crippen LogP contribution in [0.25, 0.3) is 0 Å². The predicted octanol–water partition coefficient (Wildman–Crippen LogP) is 0.917. The molecule has 0 aromatic rings. The van der Waals surface area contributed by atoms with Crippen LogP contribution in [0.3, 0.4) is 0 Å². The molecule has 14 heavy (non-hydrogen) atoms. The van der Waals surface area contributed by atoms with E-state index in [1.165, 1.54) is 0 Å². The number of nitrogens with zero attached hydrogens (tertiary/aromatic N) is 1. The van der Waals surface area contributed by atoms with E-state index in [-0.39, 0.29) is 5.84 Å². The maximum absolute atomic E-state index is 7.08. The molecule has 0 aromatic carbocycles. The van der Waals surface area contributed by atoms with Crippen molar-refractivity contribution in [2.75, 3.05) is 33.4 Å². The molecule has 0 radical (unpaired) electrons. The highest BCUT2D eigenvalue weighted by atomic mass is 16.5. The molecule has 0 aliphatic heterocycles. The Balaban J connectivity index is 3.26. The maximum Gasteiger partial charge on any atom is 0.0918 e. The van der Waals surface area contributed by atoms with Gasteiger partial charge in [0.15, 0.2) is 0 Å². The van der Waals surface area contributed by atoms with Crippen molar-refractivity contribution in [2.24, 2.45) is 11.7 Å². The van der Waals surface area contributed by atoms with E-state index >= 15 is 0 Å². The summed E-state index contributed by atoms with van der Waals surface area (Å²) in [4.78, 5) is 2.13. The van der Waals surface area contributed by atoms with Gasteiger partial charge in [0.1, 0.15) is 0 Å². The van der Waals surface area contributed by atoms with E-state index in [0.717, 1.165) is 26.3 Å². The van der Waals surface area contributed by atoms with Crippen LogP contribution in [0.5, 0.6) is 0 Å². The molecule has 0 bridgehead atoms. The zero-order valence-corrected chi connectivity index (χ0v) is 9.55. The van der Waals surface area contributed by atoms with Crippen LogP contribution >= 0.6 is 0 Å². The van der Waals surface area contributed by atoms with Crippen molar-refractivity contribution in [1.29, 1.82) is 5.41 Å². The van der Waals surface area contributed by atoms with Gasteiger partial charge in [-0.15, -0.1) is 0 Å². The Kier molecular flexibility index (Phi) is 7.42.